The summed E-state index contributed by atoms with van der Waals surface area (Å²) in [5.74, 6) is 0.494. The Kier molecular flexibility index (Phi) is 4.07. The van der Waals surface area contributed by atoms with Crippen molar-refractivity contribution in [2.24, 2.45) is 5.92 Å². The fraction of sp³-hybridized carbons (Fsp3) is 1.00. The van der Waals surface area contributed by atoms with Gasteiger partial charge in [-0.05, 0) is 18.8 Å². The van der Waals surface area contributed by atoms with Gasteiger partial charge in [-0.25, -0.2) is 4.72 Å². The SMILES string of the molecule is O=S(=O)(NCC(Cl)C1CC1)N1CCOCC1. The van der Waals surface area contributed by atoms with E-state index >= 15 is 0 Å². The molecule has 7 heteroatoms. The van der Waals surface area contributed by atoms with Crippen molar-refractivity contribution in [1.82, 2.24) is 9.03 Å². The summed E-state index contributed by atoms with van der Waals surface area (Å²) in [4.78, 5) is 0. The van der Waals surface area contributed by atoms with Gasteiger partial charge < -0.3 is 4.74 Å². The first-order valence-electron chi connectivity index (χ1n) is 5.56. The van der Waals surface area contributed by atoms with E-state index in [2.05, 4.69) is 4.72 Å². The molecule has 0 aromatic carbocycles. The first kappa shape index (κ1) is 12.6. The second kappa shape index (κ2) is 5.18. The van der Waals surface area contributed by atoms with Crippen LogP contribution in [0.5, 0.6) is 0 Å². The molecule has 2 aliphatic rings. The number of morpholine rings is 1. The number of hydrogen-bond acceptors (Lipinski definition) is 3. The molecule has 1 saturated carbocycles. The molecule has 0 spiro atoms. The van der Waals surface area contributed by atoms with Gasteiger partial charge in [0.15, 0.2) is 0 Å². The van der Waals surface area contributed by atoms with Crippen LogP contribution < -0.4 is 4.72 Å². The number of halogens is 1. The van der Waals surface area contributed by atoms with E-state index in [9.17, 15) is 8.42 Å². The Hall–Kier alpha value is 0.120. The summed E-state index contributed by atoms with van der Waals surface area (Å²) in [5.41, 5.74) is 0. The van der Waals surface area contributed by atoms with Crippen LogP contribution in [0, 0.1) is 5.92 Å². The minimum atomic E-state index is -3.37. The number of nitrogens with one attached hydrogen (secondary N) is 1. The Bertz CT molecular complexity index is 326. The van der Waals surface area contributed by atoms with Crippen LogP contribution in [-0.4, -0.2) is 50.9 Å². The number of rotatable bonds is 5. The maximum absolute atomic E-state index is 11.8. The summed E-state index contributed by atoms with van der Waals surface area (Å²) >= 11 is 6.05. The van der Waals surface area contributed by atoms with E-state index in [0.29, 0.717) is 38.8 Å². The lowest BCUT2D eigenvalue weighted by molar-refractivity contribution is 0.0725. The summed E-state index contributed by atoms with van der Waals surface area (Å²) in [6.07, 6.45) is 2.24. The summed E-state index contributed by atoms with van der Waals surface area (Å²) in [7, 11) is -3.37. The number of hydrogen-bond donors (Lipinski definition) is 1. The van der Waals surface area contributed by atoms with Crippen LogP contribution in [0.3, 0.4) is 0 Å². The third-order valence-electron chi connectivity index (χ3n) is 2.90. The lowest BCUT2D eigenvalue weighted by atomic mass is 10.3. The normalized spacial score (nSPS) is 25.6. The molecule has 0 aromatic heterocycles. The van der Waals surface area contributed by atoms with Crippen molar-refractivity contribution in [3.63, 3.8) is 0 Å². The first-order chi connectivity index (χ1) is 7.59. The Morgan fingerprint density at radius 1 is 1.38 bits per heavy atom. The third kappa shape index (κ3) is 3.30. The lowest BCUT2D eigenvalue weighted by Gasteiger charge is -2.26. The van der Waals surface area contributed by atoms with Crippen molar-refractivity contribution in [2.75, 3.05) is 32.8 Å². The first-order valence-corrected chi connectivity index (χ1v) is 7.44. The van der Waals surface area contributed by atoms with Gasteiger partial charge in [-0.15, -0.1) is 11.6 Å². The van der Waals surface area contributed by atoms with Crippen molar-refractivity contribution in [3.05, 3.63) is 0 Å². The van der Waals surface area contributed by atoms with E-state index in [-0.39, 0.29) is 5.38 Å². The maximum atomic E-state index is 11.8. The van der Waals surface area contributed by atoms with E-state index < -0.39 is 10.2 Å². The lowest BCUT2D eigenvalue weighted by Crippen LogP contribution is -2.47. The summed E-state index contributed by atoms with van der Waals surface area (Å²) < 4.78 is 32.7. The van der Waals surface area contributed by atoms with Crippen LogP contribution in [0.25, 0.3) is 0 Å². The fourth-order valence-electron chi connectivity index (χ4n) is 1.69. The minimum absolute atomic E-state index is 0.0733. The molecule has 2 rings (SSSR count). The predicted molar refractivity (Wildman–Crippen MR) is 61.7 cm³/mol. The summed E-state index contributed by atoms with van der Waals surface area (Å²) in [5, 5.41) is -0.0733. The standard InChI is InChI=1S/C9H17ClN2O3S/c10-9(8-1-2-8)7-11-16(13,14)12-3-5-15-6-4-12/h8-9,11H,1-7H2. The van der Waals surface area contributed by atoms with E-state index in [1.807, 2.05) is 0 Å². The van der Waals surface area contributed by atoms with E-state index in [1.54, 1.807) is 0 Å². The molecule has 1 aliphatic heterocycles. The fourth-order valence-corrected chi connectivity index (χ4v) is 3.31. The highest BCUT2D eigenvalue weighted by Crippen LogP contribution is 2.35. The van der Waals surface area contributed by atoms with Gasteiger partial charge in [0.2, 0.25) is 0 Å². The predicted octanol–water partition coefficient (Wildman–Crippen LogP) is 0.170. The molecule has 1 atom stereocenters. The Morgan fingerprint density at radius 2 is 2.00 bits per heavy atom. The zero-order valence-electron chi connectivity index (χ0n) is 9.06. The molecule has 1 saturated heterocycles. The van der Waals surface area contributed by atoms with E-state index in [1.165, 1.54) is 4.31 Å². The zero-order chi connectivity index (χ0) is 11.6. The molecular formula is C9H17ClN2O3S. The highest BCUT2D eigenvalue weighted by molar-refractivity contribution is 7.87. The van der Waals surface area contributed by atoms with Crippen LogP contribution >= 0.6 is 11.6 Å². The van der Waals surface area contributed by atoms with Gasteiger partial charge in [0, 0.05) is 25.0 Å². The van der Waals surface area contributed by atoms with Crippen molar-refractivity contribution in [1.29, 1.82) is 0 Å². The minimum Gasteiger partial charge on any atom is -0.379 e. The van der Waals surface area contributed by atoms with Crippen LogP contribution in [0.4, 0.5) is 0 Å². The van der Waals surface area contributed by atoms with Gasteiger partial charge in [0.05, 0.1) is 13.2 Å². The second-order valence-corrected chi connectivity index (χ2v) is 6.53. The molecule has 0 amide bonds. The molecule has 1 heterocycles. The van der Waals surface area contributed by atoms with Gasteiger partial charge in [-0.1, -0.05) is 0 Å². The highest BCUT2D eigenvalue weighted by atomic mass is 35.5. The molecule has 1 unspecified atom stereocenters. The Morgan fingerprint density at radius 3 is 2.56 bits per heavy atom. The van der Waals surface area contributed by atoms with Crippen LogP contribution in [0.15, 0.2) is 0 Å². The van der Waals surface area contributed by atoms with Gasteiger partial charge in [0.1, 0.15) is 0 Å². The van der Waals surface area contributed by atoms with Crippen molar-refractivity contribution < 1.29 is 13.2 Å². The molecule has 94 valence electrons. The summed E-state index contributed by atoms with van der Waals surface area (Å²) in [6.45, 7) is 2.10. The quantitative estimate of drug-likeness (QED) is 0.723. The van der Waals surface area contributed by atoms with Gasteiger partial charge in [-0.2, -0.15) is 12.7 Å². The molecule has 2 fully saturated rings. The zero-order valence-corrected chi connectivity index (χ0v) is 10.6. The molecule has 0 aromatic rings. The molecule has 5 nitrogen and oxygen atoms in total. The topological polar surface area (TPSA) is 58.6 Å². The second-order valence-electron chi connectivity index (χ2n) is 4.22. The van der Waals surface area contributed by atoms with E-state index in [4.69, 9.17) is 16.3 Å². The average molecular weight is 269 g/mol. The number of alkyl halides is 1. The molecule has 0 radical (unpaired) electrons. The van der Waals surface area contributed by atoms with Crippen LogP contribution in [-0.2, 0) is 14.9 Å². The number of nitrogens with zero attached hydrogens (tertiary/aromatic N) is 1. The molecule has 0 bridgehead atoms. The molecular weight excluding hydrogens is 252 g/mol. The monoisotopic (exact) mass is 268 g/mol. The van der Waals surface area contributed by atoms with Crippen LogP contribution in [0.1, 0.15) is 12.8 Å². The molecule has 1 aliphatic carbocycles. The smallest absolute Gasteiger partial charge is 0.279 e. The molecule has 1 N–H and O–H groups in total. The maximum Gasteiger partial charge on any atom is 0.279 e. The van der Waals surface area contributed by atoms with Crippen molar-refractivity contribution >= 4 is 21.8 Å². The summed E-state index contributed by atoms with van der Waals surface area (Å²) in [6, 6.07) is 0. The van der Waals surface area contributed by atoms with E-state index in [0.717, 1.165) is 12.8 Å². The third-order valence-corrected chi connectivity index (χ3v) is 4.99. The van der Waals surface area contributed by atoms with Gasteiger partial charge in [0.25, 0.3) is 10.2 Å². The Balaban J connectivity index is 1.81. The van der Waals surface area contributed by atoms with Gasteiger partial charge in [-0.3, -0.25) is 0 Å². The van der Waals surface area contributed by atoms with Crippen molar-refractivity contribution in [3.8, 4) is 0 Å². The van der Waals surface area contributed by atoms with Crippen molar-refractivity contribution in [2.45, 2.75) is 18.2 Å². The Labute approximate surface area is 101 Å². The largest absolute Gasteiger partial charge is 0.379 e. The highest BCUT2D eigenvalue weighted by Gasteiger charge is 2.31. The average Bonchev–Trinajstić information content (AvgIpc) is 3.11. The number of ether oxygens (including phenoxy) is 1. The van der Waals surface area contributed by atoms with Crippen LogP contribution in [0.2, 0.25) is 0 Å². The van der Waals surface area contributed by atoms with Gasteiger partial charge >= 0.3 is 0 Å². The molecule has 16 heavy (non-hydrogen) atoms.